The van der Waals surface area contributed by atoms with Gasteiger partial charge in [0.05, 0.1) is 13.0 Å². The Morgan fingerprint density at radius 3 is 2.44 bits per heavy atom. The van der Waals surface area contributed by atoms with Crippen molar-refractivity contribution in [3.63, 3.8) is 0 Å². The molecule has 0 bridgehead atoms. The maximum absolute atomic E-state index is 11.5. The van der Waals surface area contributed by atoms with Crippen LogP contribution >= 0.6 is 9.47 Å². The fourth-order valence-electron chi connectivity index (χ4n) is 1.16. The Balaban J connectivity index is 3.77. The van der Waals surface area contributed by atoms with E-state index in [0.29, 0.717) is 13.0 Å². The van der Waals surface area contributed by atoms with E-state index >= 15 is 0 Å². The van der Waals surface area contributed by atoms with Gasteiger partial charge < -0.3 is 10.8 Å². The predicted molar refractivity (Wildman–Crippen MR) is 62.3 cm³/mol. The number of unbranched alkanes of at least 4 members (excludes halogenated alkanes) is 2. The molecule has 16 heavy (non-hydrogen) atoms. The number of hydrogen-bond acceptors (Lipinski definition) is 4. The molecule has 0 aliphatic carbocycles. The molecule has 0 aromatic rings. The number of carbonyl (C=O) groups excluding carboxylic acids is 1. The summed E-state index contributed by atoms with van der Waals surface area (Å²) in [6.45, 7) is 0.686. The quantitative estimate of drug-likeness (QED) is 0.354. The van der Waals surface area contributed by atoms with Gasteiger partial charge in [0, 0.05) is 15.9 Å². The van der Waals surface area contributed by atoms with Crippen LogP contribution in [0.5, 0.6) is 0 Å². The predicted octanol–water partition coefficient (Wildman–Crippen LogP) is 0.530. The van der Waals surface area contributed by atoms with Crippen molar-refractivity contribution >= 4 is 21.3 Å². The number of nitrogens with zero attached hydrogens (tertiary/aromatic N) is 1. The number of aliphatic carboxylic acids is 1. The number of carboxylic acids is 1. The van der Waals surface area contributed by atoms with Gasteiger partial charge in [0.1, 0.15) is 0 Å². The Morgan fingerprint density at radius 2 is 1.94 bits per heavy atom. The highest BCUT2D eigenvalue weighted by Gasteiger charge is 2.13. The SMILES string of the molecule is NCCCCCC(=O)N(CCC(=O)O)OP. The molecule has 0 heterocycles. The average Bonchev–Trinajstić information content (AvgIpc) is 2.25. The lowest BCUT2D eigenvalue weighted by molar-refractivity contribution is -0.156. The third kappa shape index (κ3) is 7.56. The molecular formula is C9H19N2O4P. The van der Waals surface area contributed by atoms with E-state index in [1.807, 2.05) is 9.47 Å². The molecule has 3 N–H and O–H groups in total. The van der Waals surface area contributed by atoms with Gasteiger partial charge in [-0.15, -0.1) is 0 Å². The molecule has 94 valence electrons. The minimum atomic E-state index is -0.956. The van der Waals surface area contributed by atoms with Crippen LogP contribution < -0.4 is 5.73 Å². The number of hydrogen-bond donors (Lipinski definition) is 2. The highest BCUT2D eigenvalue weighted by Crippen LogP contribution is 2.06. The van der Waals surface area contributed by atoms with E-state index in [1.54, 1.807) is 0 Å². The van der Waals surface area contributed by atoms with Crippen LogP contribution in [0.2, 0.25) is 0 Å². The summed E-state index contributed by atoms with van der Waals surface area (Å²) in [5.41, 5.74) is 5.32. The molecule has 0 spiro atoms. The molecule has 0 saturated heterocycles. The summed E-state index contributed by atoms with van der Waals surface area (Å²) in [6.07, 6.45) is 2.76. The van der Waals surface area contributed by atoms with Crippen molar-refractivity contribution in [2.24, 2.45) is 5.73 Å². The Bertz CT molecular complexity index is 226. The number of carboxylic acid groups (broad SMARTS) is 1. The number of amides is 1. The summed E-state index contributed by atoms with van der Waals surface area (Å²) in [5, 5.41) is 9.53. The van der Waals surface area contributed by atoms with Gasteiger partial charge in [-0.2, -0.15) is 0 Å². The van der Waals surface area contributed by atoms with Gasteiger partial charge in [-0.25, -0.2) is 5.06 Å². The normalized spacial score (nSPS) is 10.1. The van der Waals surface area contributed by atoms with E-state index in [2.05, 4.69) is 0 Å². The van der Waals surface area contributed by atoms with Crippen LogP contribution in [0.1, 0.15) is 32.1 Å². The molecule has 0 rings (SSSR count). The Labute approximate surface area is 97.4 Å². The highest BCUT2D eigenvalue weighted by molar-refractivity contribution is 7.09. The van der Waals surface area contributed by atoms with E-state index < -0.39 is 5.97 Å². The lowest BCUT2D eigenvalue weighted by Gasteiger charge is -2.18. The Morgan fingerprint density at radius 1 is 1.25 bits per heavy atom. The summed E-state index contributed by atoms with van der Waals surface area (Å²) in [6, 6.07) is 0. The summed E-state index contributed by atoms with van der Waals surface area (Å²) in [7, 11) is 1.95. The summed E-state index contributed by atoms with van der Waals surface area (Å²) in [5.74, 6) is -1.16. The summed E-state index contributed by atoms with van der Waals surface area (Å²) in [4.78, 5) is 21.8. The van der Waals surface area contributed by atoms with Gasteiger partial charge in [0.15, 0.2) is 0 Å². The topological polar surface area (TPSA) is 92.9 Å². The first-order valence-electron chi connectivity index (χ1n) is 5.21. The number of nitrogens with two attached hydrogens (primary N) is 1. The van der Waals surface area contributed by atoms with Crippen molar-refractivity contribution in [1.82, 2.24) is 5.06 Å². The third-order valence-electron chi connectivity index (χ3n) is 2.03. The van der Waals surface area contributed by atoms with Crippen molar-refractivity contribution in [2.75, 3.05) is 13.1 Å². The fourth-order valence-corrected chi connectivity index (χ4v) is 1.38. The second-order valence-corrected chi connectivity index (χ2v) is 3.56. The van der Waals surface area contributed by atoms with Gasteiger partial charge in [0.2, 0.25) is 5.91 Å². The monoisotopic (exact) mass is 250 g/mol. The van der Waals surface area contributed by atoms with Gasteiger partial charge in [-0.1, -0.05) is 6.42 Å². The molecule has 6 nitrogen and oxygen atoms in total. The van der Waals surface area contributed by atoms with E-state index in [4.69, 9.17) is 15.5 Å². The van der Waals surface area contributed by atoms with Gasteiger partial charge >= 0.3 is 5.97 Å². The van der Waals surface area contributed by atoms with Crippen molar-refractivity contribution < 1.29 is 19.3 Å². The molecule has 1 unspecified atom stereocenters. The van der Waals surface area contributed by atoms with E-state index in [9.17, 15) is 9.59 Å². The largest absolute Gasteiger partial charge is 0.481 e. The maximum atomic E-state index is 11.5. The molecule has 0 aromatic carbocycles. The molecule has 0 radical (unpaired) electrons. The molecule has 0 aromatic heterocycles. The van der Waals surface area contributed by atoms with Crippen LogP contribution in [0.4, 0.5) is 0 Å². The molecule has 0 aliphatic rings. The molecule has 0 saturated carbocycles. The van der Waals surface area contributed by atoms with Gasteiger partial charge in [-0.3, -0.25) is 14.2 Å². The highest BCUT2D eigenvalue weighted by atomic mass is 31.0. The molecule has 1 amide bonds. The van der Waals surface area contributed by atoms with Crippen LogP contribution in [0, 0.1) is 0 Å². The zero-order valence-electron chi connectivity index (χ0n) is 9.22. The molecule has 0 aliphatic heterocycles. The van der Waals surface area contributed by atoms with Gasteiger partial charge in [0.25, 0.3) is 0 Å². The lowest BCUT2D eigenvalue weighted by Crippen LogP contribution is -2.30. The molecule has 0 fully saturated rings. The first-order valence-corrected chi connectivity index (χ1v) is 5.68. The van der Waals surface area contributed by atoms with E-state index in [-0.39, 0.29) is 18.9 Å². The van der Waals surface area contributed by atoms with Crippen LogP contribution in [0.25, 0.3) is 0 Å². The second-order valence-electron chi connectivity index (χ2n) is 3.34. The maximum Gasteiger partial charge on any atom is 0.305 e. The minimum absolute atomic E-state index is 0.0640. The van der Waals surface area contributed by atoms with Crippen molar-refractivity contribution in [1.29, 1.82) is 0 Å². The average molecular weight is 250 g/mol. The van der Waals surface area contributed by atoms with E-state index in [0.717, 1.165) is 24.3 Å². The molecule has 1 atom stereocenters. The van der Waals surface area contributed by atoms with Crippen molar-refractivity contribution in [3.8, 4) is 0 Å². The first-order chi connectivity index (χ1) is 7.61. The van der Waals surface area contributed by atoms with Crippen LogP contribution in [-0.2, 0) is 14.2 Å². The van der Waals surface area contributed by atoms with Crippen LogP contribution in [-0.4, -0.2) is 35.1 Å². The van der Waals surface area contributed by atoms with Crippen molar-refractivity contribution in [2.45, 2.75) is 32.1 Å². The Hall–Kier alpha value is -0.710. The molecular weight excluding hydrogens is 231 g/mol. The Kier molecular flexibility index (Phi) is 9.09. The number of carbonyl (C=O) groups is 2. The van der Waals surface area contributed by atoms with Crippen LogP contribution in [0.3, 0.4) is 0 Å². The number of hydroxylamine groups is 2. The second kappa shape index (κ2) is 9.51. The smallest absolute Gasteiger partial charge is 0.305 e. The minimum Gasteiger partial charge on any atom is -0.481 e. The molecule has 7 heteroatoms. The van der Waals surface area contributed by atoms with Crippen LogP contribution in [0.15, 0.2) is 0 Å². The first kappa shape index (κ1) is 15.3. The zero-order chi connectivity index (χ0) is 12.4. The summed E-state index contributed by atoms with van der Waals surface area (Å²) < 4.78 is 4.73. The lowest BCUT2D eigenvalue weighted by atomic mass is 10.2. The van der Waals surface area contributed by atoms with Crippen molar-refractivity contribution in [3.05, 3.63) is 0 Å². The summed E-state index contributed by atoms with van der Waals surface area (Å²) >= 11 is 0. The third-order valence-corrected chi connectivity index (χ3v) is 2.28. The van der Waals surface area contributed by atoms with Gasteiger partial charge in [-0.05, 0) is 19.4 Å². The standard InChI is InChI=1S/C9H19N2O4P/c10-6-3-1-2-4-8(12)11(15-16)7-5-9(13)14/h1-7,10,16H2,(H,13,14). The number of rotatable bonds is 9. The fraction of sp³-hybridized carbons (Fsp3) is 0.778. The van der Waals surface area contributed by atoms with E-state index in [1.165, 1.54) is 0 Å². The zero-order valence-corrected chi connectivity index (χ0v) is 10.4.